The Morgan fingerprint density at radius 2 is 1.29 bits per heavy atom. The molecule has 2 N–H and O–H groups in total. The lowest BCUT2D eigenvalue weighted by atomic mass is 9.80. The molecule has 5 atom stereocenters. The Bertz CT molecular complexity index is 3660. The van der Waals surface area contributed by atoms with E-state index in [0.717, 1.165) is 36.0 Å². The number of thiocarbonyl (C=S) groups is 1. The van der Waals surface area contributed by atoms with Gasteiger partial charge in [-0.15, -0.1) is 0 Å². The SMILES string of the molecule is [C-]#[N+]CCOP(O[C@@H]1C(C/C=C/CCCCNC(=S)C#CC#CC#CC#CC#CC#CC#CC#CC#CC#CC)[C@H](n2ccc(=O)[nH]c2=O)O[C@@H]1COC(c1ccccc1)(c1ccc(OC)cc1)c1ccc(OC)cc1)N(C(C)C)C(C)C. The van der Waals surface area contributed by atoms with Gasteiger partial charge in [-0.25, -0.2) is 16.0 Å². The zero-order valence-corrected chi connectivity index (χ0v) is 49.1. The molecule has 2 heterocycles. The van der Waals surface area contributed by atoms with E-state index < -0.39 is 49.7 Å². The first-order chi connectivity index (χ1) is 40.5. The van der Waals surface area contributed by atoms with E-state index in [9.17, 15) is 9.59 Å². The Labute approximate surface area is 495 Å². The molecule has 4 aromatic rings. The number of aromatic amines is 1. The molecule has 0 radical (unpaired) electrons. The van der Waals surface area contributed by atoms with Crippen molar-refractivity contribution in [2.75, 3.05) is 40.5 Å². The van der Waals surface area contributed by atoms with E-state index >= 15 is 0 Å². The number of aromatic nitrogens is 2. The minimum absolute atomic E-state index is 0.00838. The van der Waals surface area contributed by atoms with Gasteiger partial charge in [-0.2, -0.15) is 0 Å². The fourth-order valence-electron chi connectivity index (χ4n) is 8.56. The monoisotopic (exact) mass is 1140 g/mol. The summed E-state index contributed by atoms with van der Waals surface area (Å²) in [4.78, 5) is 32.6. The summed E-state index contributed by atoms with van der Waals surface area (Å²) in [6.45, 7) is 18.4. The van der Waals surface area contributed by atoms with Gasteiger partial charge < -0.3 is 38.2 Å². The van der Waals surface area contributed by atoms with Crippen LogP contribution in [0.5, 0.6) is 11.5 Å². The highest BCUT2D eigenvalue weighted by Gasteiger charge is 2.50. The van der Waals surface area contributed by atoms with Crippen molar-refractivity contribution in [3.63, 3.8) is 0 Å². The summed E-state index contributed by atoms with van der Waals surface area (Å²) < 4.78 is 43.1. The van der Waals surface area contributed by atoms with Gasteiger partial charge in [-0.3, -0.25) is 14.3 Å². The molecule has 1 aromatic heterocycles. The average Bonchev–Trinajstić information content (AvgIpc) is 3.98. The van der Waals surface area contributed by atoms with E-state index in [1.54, 1.807) is 21.1 Å². The first-order valence-corrected chi connectivity index (χ1v) is 28.0. The average molecular weight is 1140 g/mol. The van der Waals surface area contributed by atoms with Gasteiger partial charge in [-0.05, 0) is 202 Å². The topological polar surface area (TPSA) is 130 Å². The Balaban J connectivity index is 1.36. The van der Waals surface area contributed by atoms with Gasteiger partial charge in [0.15, 0.2) is 4.99 Å². The molecule has 15 heteroatoms. The van der Waals surface area contributed by atoms with Gasteiger partial charge in [0.2, 0.25) is 6.54 Å². The second kappa shape index (κ2) is 36.3. The Morgan fingerprint density at radius 1 is 0.759 bits per heavy atom. The lowest BCUT2D eigenvalue weighted by molar-refractivity contribution is -0.0932. The molecule has 0 saturated carbocycles. The summed E-state index contributed by atoms with van der Waals surface area (Å²) in [7, 11) is 1.43. The molecule has 0 bridgehead atoms. The minimum Gasteiger partial charge on any atom is -0.497 e. The van der Waals surface area contributed by atoms with Gasteiger partial charge in [0.1, 0.15) is 42.1 Å². The van der Waals surface area contributed by atoms with Gasteiger partial charge >= 0.3 is 5.69 Å². The van der Waals surface area contributed by atoms with Crippen molar-refractivity contribution in [2.24, 2.45) is 5.92 Å². The molecule has 13 nitrogen and oxygen atoms in total. The number of ether oxygens (including phenoxy) is 4. The van der Waals surface area contributed by atoms with Crippen molar-refractivity contribution >= 4 is 25.7 Å². The van der Waals surface area contributed by atoms with Crippen LogP contribution in [0.15, 0.2) is 113 Å². The largest absolute Gasteiger partial charge is 0.497 e. The number of nitrogens with one attached hydrogen (secondary N) is 2. The molecular formula is C68H62N5O8PS. The van der Waals surface area contributed by atoms with Crippen LogP contribution in [0.25, 0.3) is 4.85 Å². The van der Waals surface area contributed by atoms with Crippen molar-refractivity contribution in [3.05, 3.63) is 152 Å². The maximum absolute atomic E-state index is 13.8. The molecule has 1 aliphatic heterocycles. The number of H-pyrrole nitrogens is 1. The second-order valence-corrected chi connectivity index (χ2v) is 20.1. The van der Waals surface area contributed by atoms with Gasteiger partial charge in [0.05, 0.1) is 20.8 Å². The smallest absolute Gasteiger partial charge is 0.330 e. The van der Waals surface area contributed by atoms with Crippen LogP contribution in [-0.2, 0) is 24.1 Å². The number of hydrogen-bond acceptors (Lipinski definition) is 10. The van der Waals surface area contributed by atoms with Crippen LogP contribution in [-0.4, -0.2) is 84.0 Å². The molecule has 1 aliphatic rings. The lowest BCUT2D eigenvalue weighted by Gasteiger charge is -2.39. The maximum atomic E-state index is 13.8. The number of benzene rings is 3. The minimum atomic E-state index is -1.81. The maximum Gasteiger partial charge on any atom is 0.330 e. The number of hydrogen-bond donors (Lipinski definition) is 2. The molecule has 2 unspecified atom stereocenters. The van der Waals surface area contributed by atoms with Crippen LogP contribution in [0, 0.1) is 131 Å². The molecule has 418 valence electrons. The van der Waals surface area contributed by atoms with E-state index in [0.29, 0.717) is 29.5 Å². The summed E-state index contributed by atoms with van der Waals surface area (Å²) in [5, 5.41) is 3.16. The zero-order chi connectivity index (χ0) is 59.5. The molecular weight excluding hydrogens is 1080 g/mol. The Hall–Kier alpha value is -9.11. The molecule has 0 spiro atoms. The fraction of sp³-hybridized carbons (Fsp3) is 0.324. The van der Waals surface area contributed by atoms with E-state index in [1.807, 2.05) is 78.9 Å². The third kappa shape index (κ3) is 20.7. The summed E-state index contributed by atoms with van der Waals surface area (Å²) in [5.41, 5.74) is 0.0843. The van der Waals surface area contributed by atoms with Crippen LogP contribution < -0.4 is 26.0 Å². The van der Waals surface area contributed by atoms with Gasteiger partial charge in [0, 0.05) is 48.7 Å². The number of allylic oxidation sites excluding steroid dienone is 2. The Morgan fingerprint density at radius 3 is 1.80 bits per heavy atom. The fourth-order valence-corrected chi connectivity index (χ4v) is 10.5. The summed E-state index contributed by atoms with van der Waals surface area (Å²) in [6, 6.07) is 26.7. The van der Waals surface area contributed by atoms with Crippen molar-refractivity contribution in [1.82, 2.24) is 19.5 Å². The van der Waals surface area contributed by atoms with E-state index in [-0.39, 0.29) is 31.8 Å². The van der Waals surface area contributed by atoms with Crippen LogP contribution in [0.3, 0.4) is 0 Å². The van der Waals surface area contributed by atoms with Crippen LogP contribution >= 0.6 is 20.7 Å². The van der Waals surface area contributed by atoms with Gasteiger partial charge in [0.25, 0.3) is 14.1 Å². The molecule has 0 amide bonds. The first-order valence-electron chi connectivity index (χ1n) is 26.5. The molecule has 3 aromatic carbocycles. The highest BCUT2D eigenvalue weighted by molar-refractivity contribution is 7.80. The third-order valence-corrected chi connectivity index (χ3v) is 14.5. The molecule has 0 aliphatic carbocycles. The predicted molar refractivity (Wildman–Crippen MR) is 330 cm³/mol. The molecule has 1 saturated heterocycles. The highest BCUT2D eigenvalue weighted by Crippen LogP contribution is 2.52. The van der Waals surface area contributed by atoms with Crippen LogP contribution in [0.1, 0.15) is 83.2 Å². The van der Waals surface area contributed by atoms with Crippen LogP contribution in [0.2, 0.25) is 0 Å². The number of unbranched alkanes of at least 4 members (excludes halogenated alkanes) is 2. The van der Waals surface area contributed by atoms with E-state index in [4.69, 9.17) is 46.8 Å². The Kier molecular flexibility index (Phi) is 28.3. The summed E-state index contributed by atoms with van der Waals surface area (Å²) in [6.07, 6.45) is 5.93. The molecule has 1 fully saturated rings. The quantitative estimate of drug-likeness (QED) is 0.0133. The lowest BCUT2D eigenvalue weighted by Crippen LogP contribution is -2.41. The number of rotatable bonds is 24. The van der Waals surface area contributed by atoms with Gasteiger partial charge in [-0.1, -0.05) is 84.9 Å². The van der Waals surface area contributed by atoms with Crippen molar-refractivity contribution in [3.8, 4) is 130 Å². The third-order valence-electron chi connectivity index (χ3n) is 12.1. The van der Waals surface area contributed by atoms with Crippen molar-refractivity contribution in [2.45, 2.75) is 96.4 Å². The number of methoxy groups -OCH3 is 2. The van der Waals surface area contributed by atoms with Crippen molar-refractivity contribution < 1.29 is 28.0 Å². The zero-order valence-electron chi connectivity index (χ0n) is 47.4. The standard InChI is InChI=1S/C68H62N5O8PS/c1-9-10-11-12-13-14-15-16-17-18-19-20-21-22-23-24-25-28-34-39-64(83)70-49-35-29-26-27-33-38-61-65(81-82(79-52-50-69-6)73(54(2)3)55(4)5)62(80-66(61)72-51-48-63(74)71-67(72)75)53-78-68(56-36-31-30-32-37-56,57-40-44-59(76-7)45-41-57)58-42-46-60(77-8)47-43-58/h27,30-33,36-37,40-48,51,54-55,61-62,65-66H,26,29,35,38,49-50,52-53H2,1-5,7-8H3,(H,70,83)(H,71,74,75)/b33-27+/t61?,62-,65-,66-,82?/m1/s1. The van der Waals surface area contributed by atoms with Crippen LogP contribution in [0.4, 0.5) is 0 Å². The van der Waals surface area contributed by atoms with Crippen molar-refractivity contribution in [1.29, 1.82) is 0 Å². The summed E-state index contributed by atoms with van der Waals surface area (Å²) in [5.74, 6) is 52.5. The second-order valence-electron chi connectivity index (χ2n) is 18.2. The highest BCUT2D eigenvalue weighted by atomic mass is 32.1. The number of nitrogens with zero attached hydrogens (tertiary/aromatic N) is 3. The first kappa shape index (κ1) is 64.7. The van der Waals surface area contributed by atoms with E-state index in [1.165, 1.54) is 16.8 Å². The van der Waals surface area contributed by atoms with E-state index in [2.05, 4.69) is 178 Å². The normalized spacial score (nSPS) is 14.8. The predicted octanol–water partition coefficient (Wildman–Crippen LogP) is 8.83. The molecule has 5 rings (SSSR count). The summed E-state index contributed by atoms with van der Waals surface area (Å²) >= 11 is 5.39. The molecule has 83 heavy (non-hydrogen) atoms.